The second-order valence-electron chi connectivity index (χ2n) is 4.99. The Morgan fingerprint density at radius 3 is 2.23 bits per heavy atom. The highest BCUT2D eigenvalue weighted by molar-refractivity contribution is 5.96. The Morgan fingerprint density at radius 1 is 1.23 bits per heavy atom. The van der Waals surface area contributed by atoms with E-state index >= 15 is 0 Å². The first-order valence-electron chi connectivity index (χ1n) is 7.15. The van der Waals surface area contributed by atoms with Gasteiger partial charge >= 0.3 is 0 Å². The highest BCUT2D eigenvalue weighted by Crippen LogP contribution is 2.13. The first kappa shape index (κ1) is 17.7. The molecule has 0 saturated heterocycles. The summed E-state index contributed by atoms with van der Waals surface area (Å²) in [4.78, 5) is 25.7. The molecule has 0 radical (unpaired) electrons. The number of hydrogen-bond acceptors (Lipinski definition) is 3. The van der Waals surface area contributed by atoms with E-state index in [0.717, 1.165) is 0 Å². The Balaban J connectivity index is 2.78. The van der Waals surface area contributed by atoms with Crippen LogP contribution < -0.4 is 11.1 Å². The summed E-state index contributed by atoms with van der Waals surface area (Å²) in [7, 11) is 0. The van der Waals surface area contributed by atoms with Crippen molar-refractivity contribution in [1.29, 1.82) is 0 Å². The maximum atomic E-state index is 12.3. The molecule has 1 rings (SSSR count). The van der Waals surface area contributed by atoms with Gasteiger partial charge in [0.15, 0.2) is 0 Å². The Labute approximate surface area is 131 Å². The van der Waals surface area contributed by atoms with Crippen molar-refractivity contribution in [2.75, 3.05) is 25.0 Å². The Bertz CT molecular complexity index is 527. The molecule has 0 fully saturated rings. The number of carbonyl (C=O) groups excluding carboxylic acids is 2. The summed E-state index contributed by atoms with van der Waals surface area (Å²) in [6, 6.07) is 6.78. The zero-order valence-electron chi connectivity index (χ0n) is 12.9. The van der Waals surface area contributed by atoms with Gasteiger partial charge in [0.1, 0.15) is 0 Å². The first-order valence-corrected chi connectivity index (χ1v) is 7.15. The third kappa shape index (κ3) is 4.86. The second kappa shape index (κ2) is 8.79. The molecule has 1 atom stereocenters. The van der Waals surface area contributed by atoms with Crippen LogP contribution in [0.4, 0.5) is 5.69 Å². The molecule has 5 nitrogen and oxygen atoms in total. The van der Waals surface area contributed by atoms with Crippen molar-refractivity contribution in [2.45, 2.75) is 6.92 Å². The lowest BCUT2D eigenvalue weighted by atomic mass is 10.1. The zero-order valence-corrected chi connectivity index (χ0v) is 12.9. The topological polar surface area (TPSA) is 75.4 Å². The molecule has 5 heteroatoms. The molecule has 0 heterocycles. The van der Waals surface area contributed by atoms with Gasteiger partial charge in [-0.15, -0.1) is 13.2 Å². The van der Waals surface area contributed by atoms with E-state index in [0.29, 0.717) is 30.9 Å². The van der Waals surface area contributed by atoms with E-state index in [4.69, 9.17) is 5.73 Å². The molecular weight excluding hydrogens is 278 g/mol. The van der Waals surface area contributed by atoms with Crippen LogP contribution in [-0.2, 0) is 4.79 Å². The van der Waals surface area contributed by atoms with Crippen molar-refractivity contribution in [3.05, 3.63) is 55.1 Å². The first-order chi connectivity index (χ1) is 10.5. The number of benzene rings is 1. The van der Waals surface area contributed by atoms with Gasteiger partial charge in [-0.25, -0.2) is 0 Å². The monoisotopic (exact) mass is 301 g/mol. The van der Waals surface area contributed by atoms with Gasteiger partial charge in [0.25, 0.3) is 5.91 Å². The molecule has 22 heavy (non-hydrogen) atoms. The minimum Gasteiger partial charge on any atom is -0.331 e. The maximum Gasteiger partial charge on any atom is 0.254 e. The van der Waals surface area contributed by atoms with Gasteiger partial charge in [0.05, 0.1) is 0 Å². The average Bonchev–Trinajstić information content (AvgIpc) is 2.53. The molecule has 1 aromatic rings. The molecular formula is C17H23N3O2. The molecule has 0 aliphatic heterocycles. The molecule has 0 spiro atoms. The lowest BCUT2D eigenvalue weighted by molar-refractivity contribution is -0.119. The van der Waals surface area contributed by atoms with E-state index in [2.05, 4.69) is 18.5 Å². The molecule has 0 bridgehead atoms. The van der Waals surface area contributed by atoms with Gasteiger partial charge in [0.2, 0.25) is 5.91 Å². The minimum absolute atomic E-state index is 0.104. The van der Waals surface area contributed by atoms with Crippen LogP contribution in [0.25, 0.3) is 0 Å². The number of rotatable bonds is 8. The Kier molecular flexibility index (Phi) is 7.05. The maximum absolute atomic E-state index is 12.3. The summed E-state index contributed by atoms with van der Waals surface area (Å²) in [5.74, 6) is -0.494. The number of amides is 2. The SMILES string of the molecule is C=CCN(CC=C)C(=O)c1ccc(NC(=O)C(C)CN)cc1. The van der Waals surface area contributed by atoms with Gasteiger partial charge in [-0.2, -0.15) is 0 Å². The van der Waals surface area contributed by atoms with Crippen molar-refractivity contribution in [2.24, 2.45) is 11.7 Å². The number of nitrogens with zero attached hydrogens (tertiary/aromatic N) is 1. The van der Waals surface area contributed by atoms with Crippen molar-refractivity contribution < 1.29 is 9.59 Å². The predicted molar refractivity (Wildman–Crippen MR) is 89.6 cm³/mol. The summed E-state index contributed by atoms with van der Waals surface area (Å²) in [6.45, 7) is 10.3. The quantitative estimate of drug-likeness (QED) is 0.721. The van der Waals surface area contributed by atoms with Gasteiger partial charge in [-0.05, 0) is 24.3 Å². The second-order valence-corrected chi connectivity index (χ2v) is 4.99. The fourth-order valence-corrected chi connectivity index (χ4v) is 1.80. The number of carbonyl (C=O) groups is 2. The lowest BCUT2D eigenvalue weighted by Gasteiger charge is -2.19. The van der Waals surface area contributed by atoms with Crippen LogP contribution in [0.1, 0.15) is 17.3 Å². The van der Waals surface area contributed by atoms with Crippen LogP contribution in [0, 0.1) is 5.92 Å². The number of anilines is 1. The van der Waals surface area contributed by atoms with Crippen molar-refractivity contribution in [3.63, 3.8) is 0 Å². The molecule has 0 aliphatic carbocycles. The fraction of sp³-hybridized carbons (Fsp3) is 0.294. The van der Waals surface area contributed by atoms with Crippen LogP contribution in [0.2, 0.25) is 0 Å². The van der Waals surface area contributed by atoms with E-state index in [1.165, 1.54) is 0 Å². The van der Waals surface area contributed by atoms with Crippen molar-refractivity contribution in [1.82, 2.24) is 4.90 Å². The molecule has 118 valence electrons. The van der Waals surface area contributed by atoms with Crippen molar-refractivity contribution >= 4 is 17.5 Å². The van der Waals surface area contributed by atoms with Gasteiger partial charge in [-0.1, -0.05) is 19.1 Å². The van der Waals surface area contributed by atoms with Crippen LogP contribution in [0.3, 0.4) is 0 Å². The molecule has 1 unspecified atom stereocenters. The number of nitrogens with one attached hydrogen (secondary N) is 1. The molecule has 0 aliphatic rings. The third-order valence-electron chi connectivity index (χ3n) is 3.19. The summed E-state index contributed by atoms with van der Waals surface area (Å²) >= 11 is 0. The fourth-order valence-electron chi connectivity index (χ4n) is 1.80. The van der Waals surface area contributed by atoms with Crippen LogP contribution in [0.15, 0.2) is 49.6 Å². The Hall–Kier alpha value is -2.40. The van der Waals surface area contributed by atoms with Crippen LogP contribution in [-0.4, -0.2) is 36.3 Å². The number of nitrogens with two attached hydrogens (primary N) is 1. The zero-order chi connectivity index (χ0) is 16.5. The highest BCUT2D eigenvalue weighted by atomic mass is 16.2. The van der Waals surface area contributed by atoms with Crippen molar-refractivity contribution in [3.8, 4) is 0 Å². The largest absolute Gasteiger partial charge is 0.331 e. The van der Waals surface area contributed by atoms with E-state index < -0.39 is 0 Å². The highest BCUT2D eigenvalue weighted by Gasteiger charge is 2.14. The van der Waals surface area contributed by atoms with Crippen LogP contribution >= 0.6 is 0 Å². The lowest BCUT2D eigenvalue weighted by Crippen LogP contribution is -2.31. The van der Waals surface area contributed by atoms with Gasteiger partial charge < -0.3 is 16.0 Å². The van der Waals surface area contributed by atoms with E-state index in [1.54, 1.807) is 48.2 Å². The van der Waals surface area contributed by atoms with E-state index in [1.807, 2.05) is 0 Å². The summed E-state index contributed by atoms with van der Waals surface area (Å²) in [5, 5.41) is 2.76. The molecule has 1 aromatic carbocycles. The minimum atomic E-state index is -0.253. The van der Waals surface area contributed by atoms with E-state index in [-0.39, 0.29) is 17.7 Å². The molecule has 2 amide bonds. The standard InChI is InChI=1S/C17H23N3O2/c1-4-10-20(11-5-2)17(22)14-6-8-15(9-7-14)19-16(21)13(3)12-18/h4-9,13H,1-2,10-12,18H2,3H3,(H,19,21). The molecule has 0 aromatic heterocycles. The predicted octanol–water partition coefficient (Wildman–Crippen LogP) is 2.03. The van der Waals surface area contributed by atoms with E-state index in [9.17, 15) is 9.59 Å². The number of hydrogen-bond donors (Lipinski definition) is 2. The Morgan fingerprint density at radius 2 is 1.77 bits per heavy atom. The molecule has 3 N–H and O–H groups in total. The third-order valence-corrected chi connectivity index (χ3v) is 3.19. The van der Waals surface area contributed by atoms with Gasteiger partial charge in [-0.3, -0.25) is 9.59 Å². The molecule has 0 saturated carbocycles. The summed E-state index contributed by atoms with van der Waals surface area (Å²) in [5.41, 5.74) is 6.64. The summed E-state index contributed by atoms with van der Waals surface area (Å²) < 4.78 is 0. The van der Waals surface area contributed by atoms with Crippen LogP contribution in [0.5, 0.6) is 0 Å². The summed E-state index contributed by atoms with van der Waals surface area (Å²) in [6.07, 6.45) is 3.34. The van der Waals surface area contributed by atoms with Gasteiger partial charge in [0, 0.05) is 36.8 Å². The smallest absolute Gasteiger partial charge is 0.254 e. The average molecular weight is 301 g/mol. The normalized spacial score (nSPS) is 11.4.